The molecule has 0 amide bonds. The molecule has 0 bridgehead atoms. The Morgan fingerprint density at radius 3 is 2.84 bits per heavy atom. The number of carboxylic acids is 1. The lowest BCUT2D eigenvalue weighted by Gasteiger charge is -2.11. The SMILES string of the molecule is Cc1cc(C)c(C#N)c(NCCCC(C)C(=O)O)n1. The monoisotopic (exact) mass is 261 g/mol. The molecule has 0 aliphatic heterocycles. The van der Waals surface area contributed by atoms with Crippen molar-refractivity contribution in [2.24, 2.45) is 5.92 Å². The van der Waals surface area contributed by atoms with E-state index in [4.69, 9.17) is 10.4 Å². The second-order valence-electron chi connectivity index (χ2n) is 4.72. The lowest BCUT2D eigenvalue weighted by molar-refractivity contribution is -0.141. The highest BCUT2D eigenvalue weighted by molar-refractivity contribution is 5.69. The van der Waals surface area contributed by atoms with Gasteiger partial charge in [0.15, 0.2) is 0 Å². The molecule has 1 unspecified atom stereocenters. The lowest BCUT2D eigenvalue weighted by atomic mass is 10.1. The predicted octanol–water partition coefficient (Wildman–Crippen LogP) is 2.48. The van der Waals surface area contributed by atoms with Crippen LogP contribution in [-0.2, 0) is 4.79 Å². The molecule has 0 aromatic carbocycles. The van der Waals surface area contributed by atoms with Crippen molar-refractivity contribution >= 4 is 11.8 Å². The van der Waals surface area contributed by atoms with E-state index in [1.54, 1.807) is 6.92 Å². The van der Waals surface area contributed by atoms with Crippen LogP contribution in [0.1, 0.15) is 36.6 Å². The van der Waals surface area contributed by atoms with Crippen LogP contribution in [0.3, 0.4) is 0 Å². The highest BCUT2D eigenvalue weighted by Crippen LogP contribution is 2.17. The minimum atomic E-state index is -0.776. The summed E-state index contributed by atoms with van der Waals surface area (Å²) in [7, 11) is 0. The first-order valence-corrected chi connectivity index (χ1v) is 6.30. The standard InChI is InChI=1S/C14H19N3O2/c1-9(14(18)19)5-4-6-16-13-12(8-15)10(2)7-11(3)17-13/h7,9H,4-6H2,1-3H3,(H,16,17)(H,18,19). The van der Waals surface area contributed by atoms with Crippen LogP contribution in [0.4, 0.5) is 5.82 Å². The highest BCUT2D eigenvalue weighted by atomic mass is 16.4. The van der Waals surface area contributed by atoms with Crippen molar-refractivity contribution in [1.29, 1.82) is 5.26 Å². The zero-order chi connectivity index (χ0) is 14.4. The number of aromatic nitrogens is 1. The van der Waals surface area contributed by atoms with Gasteiger partial charge in [-0.05, 0) is 38.3 Å². The van der Waals surface area contributed by atoms with E-state index in [-0.39, 0.29) is 5.92 Å². The number of rotatable bonds is 6. The van der Waals surface area contributed by atoms with E-state index < -0.39 is 5.97 Å². The van der Waals surface area contributed by atoms with Gasteiger partial charge >= 0.3 is 5.97 Å². The average Bonchev–Trinajstić information content (AvgIpc) is 2.33. The van der Waals surface area contributed by atoms with Gasteiger partial charge in [0, 0.05) is 12.2 Å². The number of aliphatic carboxylic acids is 1. The molecule has 0 aliphatic carbocycles. The Balaban J connectivity index is 2.59. The molecule has 1 heterocycles. The van der Waals surface area contributed by atoms with Gasteiger partial charge in [0.25, 0.3) is 0 Å². The fraction of sp³-hybridized carbons (Fsp3) is 0.500. The topological polar surface area (TPSA) is 86.0 Å². The van der Waals surface area contributed by atoms with Crippen molar-refractivity contribution in [3.05, 3.63) is 22.9 Å². The summed E-state index contributed by atoms with van der Waals surface area (Å²) in [6.45, 7) is 6.07. The number of carbonyl (C=O) groups is 1. The first kappa shape index (κ1) is 15.0. The number of nitrogens with zero attached hydrogens (tertiary/aromatic N) is 2. The van der Waals surface area contributed by atoms with Crippen LogP contribution in [0.5, 0.6) is 0 Å². The van der Waals surface area contributed by atoms with Crippen molar-refractivity contribution in [3.8, 4) is 6.07 Å². The summed E-state index contributed by atoms with van der Waals surface area (Å²) < 4.78 is 0. The van der Waals surface area contributed by atoms with E-state index in [0.717, 1.165) is 17.7 Å². The molecule has 2 N–H and O–H groups in total. The molecule has 5 heteroatoms. The van der Waals surface area contributed by atoms with E-state index >= 15 is 0 Å². The second-order valence-corrected chi connectivity index (χ2v) is 4.72. The zero-order valence-electron chi connectivity index (χ0n) is 11.5. The maximum Gasteiger partial charge on any atom is 0.306 e. The van der Waals surface area contributed by atoms with Crippen molar-refractivity contribution in [2.75, 3.05) is 11.9 Å². The van der Waals surface area contributed by atoms with E-state index in [1.165, 1.54) is 0 Å². The summed E-state index contributed by atoms with van der Waals surface area (Å²) in [6.07, 6.45) is 1.34. The van der Waals surface area contributed by atoms with Crippen LogP contribution in [0.2, 0.25) is 0 Å². The Hall–Kier alpha value is -2.09. The maximum absolute atomic E-state index is 10.7. The maximum atomic E-state index is 10.7. The molecule has 19 heavy (non-hydrogen) atoms. The van der Waals surface area contributed by atoms with Crippen LogP contribution < -0.4 is 5.32 Å². The molecule has 5 nitrogen and oxygen atoms in total. The highest BCUT2D eigenvalue weighted by Gasteiger charge is 2.11. The lowest BCUT2D eigenvalue weighted by Crippen LogP contribution is -2.12. The number of anilines is 1. The molecule has 1 atom stereocenters. The molecule has 102 valence electrons. The molecule has 1 rings (SSSR count). The minimum absolute atomic E-state index is 0.343. The summed E-state index contributed by atoms with van der Waals surface area (Å²) in [5.74, 6) is -0.533. The first-order valence-electron chi connectivity index (χ1n) is 6.30. The summed E-state index contributed by atoms with van der Waals surface area (Å²) in [4.78, 5) is 15.0. The van der Waals surface area contributed by atoms with Crippen LogP contribution in [0.25, 0.3) is 0 Å². The van der Waals surface area contributed by atoms with E-state index in [2.05, 4.69) is 16.4 Å². The number of aryl methyl sites for hydroxylation is 2. The van der Waals surface area contributed by atoms with E-state index in [0.29, 0.717) is 24.3 Å². The third-order valence-electron chi connectivity index (χ3n) is 2.98. The molecular formula is C14H19N3O2. The Morgan fingerprint density at radius 2 is 2.26 bits per heavy atom. The van der Waals surface area contributed by atoms with Gasteiger partial charge in [0.05, 0.1) is 11.5 Å². The molecule has 0 saturated carbocycles. The number of hydrogen-bond acceptors (Lipinski definition) is 4. The zero-order valence-corrected chi connectivity index (χ0v) is 11.5. The van der Waals surface area contributed by atoms with Gasteiger partial charge in [-0.2, -0.15) is 5.26 Å². The third-order valence-corrected chi connectivity index (χ3v) is 2.98. The number of nitriles is 1. The summed E-state index contributed by atoms with van der Waals surface area (Å²) >= 11 is 0. The van der Waals surface area contributed by atoms with Crippen molar-refractivity contribution in [1.82, 2.24) is 4.98 Å². The minimum Gasteiger partial charge on any atom is -0.481 e. The normalized spacial score (nSPS) is 11.7. The molecule has 0 saturated heterocycles. The molecule has 0 fully saturated rings. The van der Waals surface area contributed by atoms with Crippen molar-refractivity contribution in [3.63, 3.8) is 0 Å². The quantitative estimate of drug-likeness (QED) is 0.768. The number of carboxylic acid groups (broad SMARTS) is 1. The number of hydrogen-bond donors (Lipinski definition) is 2. The molecule has 0 radical (unpaired) electrons. The molecule has 0 aliphatic rings. The average molecular weight is 261 g/mol. The molecule has 1 aromatic heterocycles. The fourth-order valence-corrected chi connectivity index (χ4v) is 1.84. The summed E-state index contributed by atoms with van der Waals surface area (Å²) in [5, 5.41) is 21.0. The summed E-state index contributed by atoms with van der Waals surface area (Å²) in [5.41, 5.74) is 2.31. The fourth-order valence-electron chi connectivity index (χ4n) is 1.84. The van der Waals surface area contributed by atoms with Gasteiger partial charge in [-0.15, -0.1) is 0 Å². The molecule has 0 spiro atoms. The smallest absolute Gasteiger partial charge is 0.306 e. The van der Waals surface area contributed by atoms with Crippen LogP contribution in [-0.4, -0.2) is 22.6 Å². The number of nitrogens with one attached hydrogen (secondary N) is 1. The second kappa shape index (κ2) is 6.74. The van der Waals surface area contributed by atoms with Gasteiger partial charge in [-0.25, -0.2) is 4.98 Å². The van der Waals surface area contributed by atoms with Gasteiger partial charge in [0.2, 0.25) is 0 Å². The molecular weight excluding hydrogens is 242 g/mol. The van der Waals surface area contributed by atoms with Crippen LogP contribution >= 0.6 is 0 Å². The largest absolute Gasteiger partial charge is 0.481 e. The van der Waals surface area contributed by atoms with Gasteiger partial charge < -0.3 is 10.4 Å². The summed E-state index contributed by atoms with van der Waals surface area (Å²) in [6, 6.07) is 4.01. The van der Waals surface area contributed by atoms with Crippen LogP contribution in [0.15, 0.2) is 6.07 Å². The van der Waals surface area contributed by atoms with E-state index in [1.807, 2.05) is 19.9 Å². The van der Waals surface area contributed by atoms with Gasteiger partial charge in [0.1, 0.15) is 11.9 Å². The van der Waals surface area contributed by atoms with Crippen molar-refractivity contribution in [2.45, 2.75) is 33.6 Å². The molecule has 1 aromatic rings. The van der Waals surface area contributed by atoms with Gasteiger partial charge in [-0.1, -0.05) is 6.92 Å². The Labute approximate surface area is 113 Å². The third kappa shape index (κ3) is 4.25. The number of pyridine rings is 1. The Morgan fingerprint density at radius 1 is 1.58 bits per heavy atom. The first-order chi connectivity index (χ1) is 8.95. The van der Waals surface area contributed by atoms with Crippen LogP contribution in [0, 0.1) is 31.1 Å². The van der Waals surface area contributed by atoms with Gasteiger partial charge in [-0.3, -0.25) is 4.79 Å². The van der Waals surface area contributed by atoms with E-state index in [9.17, 15) is 4.79 Å². The van der Waals surface area contributed by atoms with Crippen molar-refractivity contribution < 1.29 is 9.90 Å². The predicted molar refractivity (Wildman–Crippen MR) is 72.9 cm³/mol. The Kier molecular flexibility index (Phi) is 5.31. The Bertz CT molecular complexity index is 506.